The lowest BCUT2D eigenvalue weighted by Gasteiger charge is -2.39. The molecule has 0 unspecified atom stereocenters. The molecule has 1 N–H and O–H groups in total. The zero-order valence-electron chi connectivity index (χ0n) is 19.2. The molecule has 33 heavy (non-hydrogen) atoms. The van der Waals surface area contributed by atoms with E-state index in [0.29, 0.717) is 24.7 Å². The van der Waals surface area contributed by atoms with E-state index in [1.807, 2.05) is 52.2 Å². The van der Waals surface area contributed by atoms with Gasteiger partial charge in [-0.1, -0.05) is 0 Å². The maximum atomic E-state index is 12.2. The largest absolute Gasteiger partial charge is 0.483 e. The van der Waals surface area contributed by atoms with Gasteiger partial charge in [0.1, 0.15) is 17.4 Å². The Morgan fingerprint density at radius 3 is 2.64 bits per heavy atom. The SMILES string of the molecule is Cn1ncc(OC2CN(C(=O)OC(C)(C)C)C2)c1-c1ccn2nc(NC(=O)C3CC3)cc2c1. The van der Waals surface area contributed by atoms with Gasteiger partial charge in [0.05, 0.1) is 24.8 Å². The minimum absolute atomic E-state index is 0.0295. The van der Waals surface area contributed by atoms with Gasteiger partial charge in [0.25, 0.3) is 0 Å². The topological polar surface area (TPSA) is 103 Å². The van der Waals surface area contributed by atoms with E-state index in [4.69, 9.17) is 9.47 Å². The second kappa shape index (κ2) is 7.79. The maximum Gasteiger partial charge on any atom is 0.410 e. The Morgan fingerprint density at radius 2 is 1.94 bits per heavy atom. The summed E-state index contributed by atoms with van der Waals surface area (Å²) < 4.78 is 15.1. The quantitative estimate of drug-likeness (QED) is 0.638. The van der Waals surface area contributed by atoms with E-state index in [1.165, 1.54) is 0 Å². The average Bonchev–Trinajstić information content (AvgIpc) is 3.38. The first-order chi connectivity index (χ1) is 15.7. The first kappa shape index (κ1) is 21.3. The van der Waals surface area contributed by atoms with E-state index >= 15 is 0 Å². The molecule has 1 saturated carbocycles. The summed E-state index contributed by atoms with van der Waals surface area (Å²) in [6.45, 7) is 6.48. The number of likely N-dealkylation sites (tertiary alicyclic amines) is 1. The van der Waals surface area contributed by atoms with Crippen molar-refractivity contribution in [3.8, 4) is 17.0 Å². The van der Waals surface area contributed by atoms with Crippen LogP contribution in [0.1, 0.15) is 33.6 Å². The number of ether oxygens (including phenoxy) is 2. The fourth-order valence-corrected chi connectivity index (χ4v) is 3.78. The van der Waals surface area contributed by atoms with Crippen LogP contribution in [0.3, 0.4) is 0 Å². The first-order valence-electron chi connectivity index (χ1n) is 11.1. The van der Waals surface area contributed by atoms with E-state index in [0.717, 1.165) is 29.6 Å². The third-order valence-corrected chi connectivity index (χ3v) is 5.63. The summed E-state index contributed by atoms with van der Waals surface area (Å²) >= 11 is 0. The fraction of sp³-hybridized carbons (Fsp3) is 0.478. The normalized spacial score (nSPS) is 16.5. The summed E-state index contributed by atoms with van der Waals surface area (Å²) in [7, 11) is 1.86. The van der Waals surface area contributed by atoms with Crippen LogP contribution in [-0.4, -0.2) is 61.1 Å². The number of carbonyl (C=O) groups is 2. The Kier molecular flexibility index (Phi) is 5.02. The van der Waals surface area contributed by atoms with Gasteiger partial charge in [-0.3, -0.25) is 9.48 Å². The van der Waals surface area contributed by atoms with E-state index < -0.39 is 5.60 Å². The van der Waals surface area contributed by atoms with Gasteiger partial charge in [0.2, 0.25) is 5.91 Å². The van der Waals surface area contributed by atoms with Crippen LogP contribution < -0.4 is 10.1 Å². The molecule has 3 aromatic rings. The number of nitrogens with zero attached hydrogens (tertiary/aromatic N) is 5. The van der Waals surface area contributed by atoms with Crippen molar-refractivity contribution < 1.29 is 19.1 Å². The van der Waals surface area contributed by atoms with Crippen molar-refractivity contribution in [3.63, 3.8) is 0 Å². The predicted octanol–water partition coefficient (Wildman–Crippen LogP) is 3.08. The van der Waals surface area contributed by atoms with Crippen LogP contribution >= 0.6 is 0 Å². The molecule has 2 amide bonds. The first-order valence-corrected chi connectivity index (χ1v) is 11.1. The van der Waals surface area contributed by atoms with E-state index in [-0.39, 0.29) is 24.0 Å². The van der Waals surface area contributed by atoms with E-state index in [1.54, 1.807) is 20.3 Å². The standard InChI is InChI=1S/C23H28N6O4/c1-23(2,3)33-22(31)28-12-17(13-28)32-18-11-24-27(4)20(18)15-7-8-29-16(9-15)10-19(26-29)25-21(30)14-5-6-14/h7-11,14,17H,5-6,12-13H2,1-4H3,(H,25,26,30). The zero-order chi connectivity index (χ0) is 23.3. The highest BCUT2D eigenvalue weighted by atomic mass is 16.6. The Morgan fingerprint density at radius 1 is 1.18 bits per heavy atom. The number of nitrogens with one attached hydrogen (secondary N) is 1. The highest BCUT2D eigenvalue weighted by Crippen LogP contribution is 2.33. The van der Waals surface area contributed by atoms with Crippen molar-refractivity contribution in [1.82, 2.24) is 24.3 Å². The number of fused-ring (bicyclic) bond motifs is 1. The molecule has 0 radical (unpaired) electrons. The van der Waals surface area contributed by atoms with Gasteiger partial charge in [-0.15, -0.1) is 0 Å². The maximum absolute atomic E-state index is 12.2. The summed E-state index contributed by atoms with van der Waals surface area (Å²) in [6, 6.07) is 5.77. The minimum Gasteiger partial charge on any atom is -0.483 e. The highest BCUT2D eigenvalue weighted by Gasteiger charge is 2.36. The van der Waals surface area contributed by atoms with Crippen molar-refractivity contribution in [2.75, 3.05) is 18.4 Å². The number of aromatic nitrogens is 4. The van der Waals surface area contributed by atoms with Crippen molar-refractivity contribution in [2.24, 2.45) is 13.0 Å². The summed E-state index contributed by atoms with van der Waals surface area (Å²) in [5.74, 6) is 1.35. The number of hydrogen-bond donors (Lipinski definition) is 1. The van der Waals surface area contributed by atoms with Crippen LogP contribution in [0.5, 0.6) is 5.75 Å². The molecule has 2 fully saturated rings. The molecule has 1 aliphatic carbocycles. The molecule has 1 saturated heterocycles. The molecule has 0 atom stereocenters. The van der Waals surface area contributed by atoms with Gasteiger partial charge in [0.15, 0.2) is 11.6 Å². The van der Waals surface area contributed by atoms with Crippen LogP contribution in [0, 0.1) is 5.92 Å². The van der Waals surface area contributed by atoms with Gasteiger partial charge in [-0.2, -0.15) is 10.2 Å². The molecule has 174 valence electrons. The summed E-state index contributed by atoms with van der Waals surface area (Å²) in [5.41, 5.74) is 2.08. The second-order valence-corrected chi connectivity index (χ2v) is 9.68. The molecule has 0 bridgehead atoms. The fourth-order valence-electron chi connectivity index (χ4n) is 3.78. The van der Waals surface area contributed by atoms with Crippen LogP contribution in [0.2, 0.25) is 0 Å². The lowest BCUT2D eigenvalue weighted by atomic mass is 10.1. The van der Waals surface area contributed by atoms with Gasteiger partial charge in [-0.25, -0.2) is 9.31 Å². The number of rotatable bonds is 5. The van der Waals surface area contributed by atoms with Crippen LogP contribution in [-0.2, 0) is 16.6 Å². The molecule has 2 aliphatic rings. The molecular weight excluding hydrogens is 424 g/mol. The molecule has 4 heterocycles. The Bertz CT molecular complexity index is 1210. The van der Waals surface area contributed by atoms with Crippen molar-refractivity contribution >= 4 is 23.3 Å². The van der Waals surface area contributed by atoms with Crippen LogP contribution in [0.15, 0.2) is 30.6 Å². The van der Waals surface area contributed by atoms with Crippen molar-refractivity contribution in [3.05, 3.63) is 30.6 Å². The predicted molar refractivity (Wildman–Crippen MR) is 121 cm³/mol. The summed E-state index contributed by atoms with van der Waals surface area (Å²) in [4.78, 5) is 25.8. The molecule has 3 aromatic heterocycles. The lowest BCUT2D eigenvalue weighted by Crippen LogP contribution is -2.57. The monoisotopic (exact) mass is 452 g/mol. The van der Waals surface area contributed by atoms with Crippen molar-refractivity contribution in [2.45, 2.75) is 45.3 Å². The molecule has 1 aliphatic heterocycles. The van der Waals surface area contributed by atoms with Gasteiger partial charge in [0, 0.05) is 30.8 Å². The van der Waals surface area contributed by atoms with E-state index in [2.05, 4.69) is 15.5 Å². The smallest absolute Gasteiger partial charge is 0.410 e. The molecule has 5 rings (SSSR count). The third-order valence-electron chi connectivity index (χ3n) is 5.63. The molecular formula is C23H28N6O4. The highest BCUT2D eigenvalue weighted by molar-refractivity contribution is 5.93. The van der Waals surface area contributed by atoms with Gasteiger partial charge in [-0.05, 0) is 45.7 Å². The van der Waals surface area contributed by atoms with E-state index in [9.17, 15) is 9.59 Å². The number of amides is 2. The number of anilines is 1. The average molecular weight is 453 g/mol. The zero-order valence-corrected chi connectivity index (χ0v) is 19.2. The Balaban J connectivity index is 1.29. The minimum atomic E-state index is -0.521. The molecule has 10 heteroatoms. The van der Waals surface area contributed by atoms with Gasteiger partial charge >= 0.3 is 6.09 Å². The number of carbonyl (C=O) groups excluding carboxylic acids is 2. The Labute approximate surface area is 191 Å². The molecule has 0 aromatic carbocycles. The van der Waals surface area contributed by atoms with Gasteiger partial charge < -0.3 is 19.7 Å². The lowest BCUT2D eigenvalue weighted by molar-refractivity contribution is -0.117. The number of pyridine rings is 1. The molecule has 0 spiro atoms. The number of hydrogen-bond acceptors (Lipinski definition) is 6. The molecule has 10 nitrogen and oxygen atoms in total. The number of aryl methyl sites for hydroxylation is 1. The van der Waals surface area contributed by atoms with Crippen LogP contribution in [0.4, 0.5) is 10.6 Å². The third kappa shape index (κ3) is 4.50. The Hall–Kier alpha value is -3.56. The summed E-state index contributed by atoms with van der Waals surface area (Å²) in [5, 5.41) is 11.7. The second-order valence-electron chi connectivity index (χ2n) is 9.68. The van der Waals surface area contributed by atoms with Crippen molar-refractivity contribution in [1.29, 1.82) is 0 Å². The van der Waals surface area contributed by atoms with Crippen LogP contribution in [0.25, 0.3) is 16.8 Å². The summed E-state index contributed by atoms with van der Waals surface area (Å²) in [6.07, 6.45) is 4.98.